The molecule has 1 atom stereocenters. The summed E-state index contributed by atoms with van der Waals surface area (Å²) < 4.78 is 0. The lowest BCUT2D eigenvalue weighted by molar-refractivity contribution is 0.818. The highest BCUT2D eigenvalue weighted by molar-refractivity contribution is 7.99. The molecule has 278 valence electrons. The minimum Gasteiger partial charge on any atom is -0.308 e. The van der Waals surface area contributed by atoms with Gasteiger partial charge in [-0.3, -0.25) is 0 Å². The van der Waals surface area contributed by atoms with Gasteiger partial charge in [0, 0.05) is 32.0 Å². The molecule has 1 aliphatic carbocycles. The van der Waals surface area contributed by atoms with E-state index in [-0.39, 0.29) is 6.04 Å². The topological polar surface area (TPSA) is 32.3 Å². The summed E-state index contributed by atoms with van der Waals surface area (Å²) in [7, 11) is 0. The minimum absolute atomic E-state index is 0.0552. The van der Waals surface area contributed by atoms with Crippen LogP contribution in [0, 0.1) is 0 Å². The first-order valence-electron chi connectivity index (χ1n) is 20.2. The van der Waals surface area contributed by atoms with Crippen molar-refractivity contribution in [3.05, 3.63) is 210 Å². The summed E-state index contributed by atoms with van der Waals surface area (Å²) in [5.41, 5.74) is 14.9. The second kappa shape index (κ2) is 13.7. The Morgan fingerprint density at radius 2 is 1.15 bits per heavy atom. The SMILES string of the molecule is C1=c2ccccc2=C2c3ccc(-c4ccc5c(c4)Sc4ccccc4N5c4ccccc4)cc3N(c3nc(-c4ccc(-c5ccccc5)cc4)c4ccccc4n3)C2C1. The average molecular weight is 773 g/mol. The quantitative estimate of drug-likeness (QED) is 0.174. The number of para-hydroxylation sites is 3. The van der Waals surface area contributed by atoms with Gasteiger partial charge in [0.1, 0.15) is 0 Å². The average Bonchev–Trinajstić information content (AvgIpc) is 3.65. The number of fused-ring (bicyclic) bond motifs is 7. The maximum absolute atomic E-state index is 5.50. The van der Waals surface area contributed by atoms with E-state index in [0.29, 0.717) is 5.95 Å². The van der Waals surface area contributed by atoms with Gasteiger partial charge in [0.2, 0.25) is 5.95 Å². The highest BCUT2D eigenvalue weighted by atomic mass is 32.2. The molecule has 0 bridgehead atoms. The summed E-state index contributed by atoms with van der Waals surface area (Å²) in [6, 6.07) is 69.9. The zero-order chi connectivity index (χ0) is 38.9. The van der Waals surface area contributed by atoms with E-state index in [1.807, 2.05) is 11.8 Å². The molecule has 3 aliphatic rings. The lowest BCUT2D eigenvalue weighted by atomic mass is 9.91. The third-order valence-corrected chi connectivity index (χ3v) is 13.1. The van der Waals surface area contributed by atoms with Gasteiger partial charge in [-0.25, -0.2) is 9.97 Å². The largest absolute Gasteiger partial charge is 0.308 e. The molecule has 3 heterocycles. The molecular formula is C54H36N4S. The molecule has 8 aromatic carbocycles. The van der Waals surface area contributed by atoms with E-state index in [0.717, 1.165) is 45.5 Å². The van der Waals surface area contributed by atoms with E-state index < -0.39 is 0 Å². The van der Waals surface area contributed by atoms with Crippen LogP contribution in [0.4, 0.5) is 28.7 Å². The van der Waals surface area contributed by atoms with E-state index in [1.54, 1.807) is 0 Å². The van der Waals surface area contributed by atoms with Crippen molar-refractivity contribution in [3.63, 3.8) is 0 Å². The van der Waals surface area contributed by atoms with Crippen LogP contribution in [0.25, 0.3) is 56.1 Å². The number of anilines is 5. The Kier molecular flexibility index (Phi) is 7.88. The van der Waals surface area contributed by atoms with Crippen molar-refractivity contribution in [1.29, 1.82) is 0 Å². The molecule has 0 saturated carbocycles. The monoisotopic (exact) mass is 772 g/mol. The molecule has 1 unspecified atom stereocenters. The summed E-state index contributed by atoms with van der Waals surface area (Å²) in [4.78, 5) is 18.1. The number of hydrogen-bond donors (Lipinski definition) is 0. The molecule has 12 rings (SSSR count). The summed E-state index contributed by atoms with van der Waals surface area (Å²) in [6.45, 7) is 0. The Morgan fingerprint density at radius 1 is 0.492 bits per heavy atom. The highest BCUT2D eigenvalue weighted by Crippen LogP contribution is 2.53. The molecule has 0 fully saturated rings. The first kappa shape index (κ1) is 33.9. The van der Waals surface area contributed by atoms with Gasteiger partial charge in [0.15, 0.2) is 0 Å². The van der Waals surface area contributed by atoms with Gasteiger partial charge in [-0.05, 0) is 93.2 Å². The molecule has 0 radical (unpaired) electrons. The fraction of sp³-hybridized carbons (Fsp3) is 0.0370. The van der Waals surface area contributed by atoms with Crippen LogP contribution < -0.4 is 20.2 Å². The Hall–Kier alpha value is -7.21. The van der Waals surface area contributed by atoms with Crippen molar-refractivity contribution in [2.75, 3.05) is 9.80 Å². The van der Waals surface area contributed by atoms with Crippen molar-refractivity contribution in [2.24, 2.45) is 0 Å². The fourth-order valence-electron chi connectivity index (χ4n) is 9.20. The number of hydrogen-bond acceptors (Lipinski definition) is 5. The predicted octanol–water partition coefficient (Wildman–Crippen LogP) is 12.5. The first-order valence-corrected chi connectivity index (χ1v) is 21.0. The lowest BCUT2D eigenvalue weighted by Crippen LogP contribution is -2.38. The molecule has 59 heavy (non-hydrogen) atoms. The number of rotatable bonds is 5. The summed E-state index contributed by atoms with van der Waals surface area (Å²) in [6.07, 6.45) is 3.24. The van der Waals surface area contributed by atoms with Gasteiger partial charge < -0.3 is 9.80 Å². The van der Waals surface area contributed by atoms with E-state index in [1.165, 1.54) is 59.4 Å². The van der Waals surface area contributed by atoms with E-state index in [9.17, 15) is 0 Å². The zero-order valence-electron chi connectivity index (χ0n) is 32.0. The minimum atomic E-state index is 0.0552. The summed E-state index contributed by atoms with van der Waals surface area (Å²) in [5, 5.41) is 3.60. The molecule has 0 amide bonds. The van der Waals surface area contributed by atoms with Crippen molar-refractivity contribution < 1.29 is 0 Å². The fourth-order valence-corrected chi connectivity index (χ4v) is 10.3. The van der Waals surface area contributed by atoms with Crippen LogP contribution in [0.5, 0.6) is 0 Å². The van der Waals surface area contributed by atoms with Crippen LogP contribution >= 0.6 is 11.8 Å². The highest BCUT2D eigenvalue weighted by Gasteiger charge is 2.38. The van der Waals surface area contributed by atoms with Crippen LogP contribution in [-0.2, 0) is 0 Å². The molecule has 0 saturated heterocycles. The Morgan fingerprint density at radius 3 is 2.03 bits per heavy atom. The normalized spacial score (nSPS) is 14.8. The number of benzene rings is 8. The molecule has 4 nitrogen and oxygen atoms in total. The predicted molar refractivity (Wildman–Crippen MR) is 244 cm³/mol. The van der Waals surface area contributed by atoms with Crippen molar-refractivity contribution in [3.8, 4) is 33.5 Å². The smallest absolute Gasteiger partial charge is 0.231 e. The van der Waals surface area contributed by atoms with Gasteiger partial charge >= 0.3 is 0 Å². The van der Waals surface area contributed by atoms with Gasteiger partial charge in [0.05, 0.1) is 34.3 Å². The summed E-state index contributed by atoms with van der Waals surface area (Å²) in [5.74, 6) is 0.716. The van der Waals surface area contributed by atoms with Crippen LogP contribution in [0.1, 0.15) is 12.0 Å². The maximum atomic E-state index is 5.50. The Balaban J connectivity index is 1.01. The second-order valence-corrected chi connectivity index (χ2v) is 16.4. The van der Waals surface area contributed by atoms with Crippen LogP contribution in [-0.4, -0.2) is 16.0 Å². The molecular weight excluding hydrogens is 737 g/mol. The lowest BCUT2D eigenvalue weighted by Gasteiger charge is -2.33. The molecule has 1 aromatic heterocycles. The second-order valence-electron chi connectivity index (χ2n) is 15.3. The van der Waals surface area contributed by atoms with Gasteiger partial charge in [-0.1, -0.05) is 163 Å². The van der Waals surface area contributed by atoms with E-state index in [4.69, 9.17) is 9.97 Å². The maximum Gasteiger partial charge on any atom is 0.231 e. The van der Waals surface area contributed by atoms with E-state index >= 15 is 0 Å². The van der Waals surface area contributed by atoms with Gasteiger partial charge in [0.25, 0.3) is 0 Å². The van der Waals surface area contributed by atoms with Crippen molar-refractivity contribution >= 4 is 63.0 Å². The number of nitrogens with zero attached hydrogens (tertiary/aromatic N) is 4. The summed E-state index contributed by atoms with van der Waals surface area (Å²) >= 11 is 1.84. The molecule has 5 heteroatoms. The van der Waals surface area contributed by atoms with Crippen molar-refractivity contribution in [1.82, 2.24) is 9.97 Å². The molecule has 0 N–H and O–H groups in total. The van der Waals surface area contributed by atoms with Crippen LogP contribution in [0.3, 0.4) is 0 Å². The standard InChI is InChI=1S/C54H36N4S/c1-3-13-35(14-4-1)36-23-25-38(26-24-36)53-43-19-9-10-20-45(43)55-54(56-53)58-48-32-28-37-15-7-8-18-42(37)52(48)44-30-27-39(33-49(44)58)40-29-31-47-51(34-40)59-50-22-12-11-21-46(50)57(47)41-16-5-2-6-17-41/h1-31,33-34,48H,32H2. The first-order chi connectivity index (χ1) is 29.2. The van der Waals surface area contributed by atoms with E-state index in [2.05, 4.69) is 210 Å². The van der Waals surface area contributed by atoms with Gasteiger partial charge in [-0.2, -0.15) is 0 Å². The van der Waals surface area contributed by atoms with Gasteiger partial charge in [-0.15, -0.1) is 0 Å². The Labute approximate surface area is 347 Å². The van der Waals surface area contributed by atoms with Crippen LogP contribution in [0.2, 0.25) is 0 Å². The third kappa shape index (κ3) is 5.61. The van der Waals surface area contributed by atoms with Crippen molar-refractivity contribution in [2.45, 2.75) is 22.3 Å². The molecule has 9 aromatic rings. The third-order valence-electron chi connectivity index (χ3n) is 12.0. The zero-order valence-corrected chi connectivity index (χ0v) is 32.9. The number of aromatic nitrogens is 2. The Bertz CT molecular complexity index is 3240. The van der Waals surface area contributed by atoms with Crippen LogP contribution in [0.15, 0.2) is 204 Å². The molecule has 0 spiro atoms. The molecule has 2 aliphatic heterocycles.